The molecule has 0 aromatic carbocycles. The van der Waals surface area contributed by atoms with Crippen molar-refractivity contribution in [2.75, 3.05) is 0 Å². The fourth-order valence-electron chi connectivity index (χ4n) is 1.52. The number of hydrogen-bond donors (Lipinski definition) is 0. The number of thiazole rings is 1. The highest BCUT2D eigenvalue weighted by Crippen LogP contribution is 2.36. The standard InChI is InChI=1S/C12H14F2N3OPS/c1-3-5-17(4-2)7-9-15-6-8(20-9)11-16-19-12(18-11)10(13)14/h3-6,10,12,19H,2,7H2,1H3/b5-3+. The van der Waals surface area contributed by atoms with Crippen LogP contribution in [0.3, 0.4) is 0 Å². The fourth-order valence-corrected chi connectivity index (χ4v) is 3.16. The summed E-state index contributed by atoms with van der Waals surface area (Å²) in [5.74, 6) is -0.836. The van der Waals surface area contributed by atoms with Crippen LogP contribution < -0.4 is 0 Å². The third-order valence-corrected chi connectivity index (χ3v) is 4.34. The van der Waals surface area contributed by atoms with E-state index in [-0.39, 0.29) is 14.6 Å². The molecule has 0 N–H and O–H groups in total. The zero-order valence-corrected chi connectivity index (χ0v) is 12.6. The number of alkyl halides is 2. The number of nitrogens with zero attached hydrogens (tertiary/aromatic N) is 3. The zero-order chi connectivity index (χ0) is 14.5. The smallest absolute Gasteiger partial charge is 0.280 e. The Balaban J connectivity index is 2.01. The van der Waals surface area contributed by atoms with Crippen molar-refractivity contribution < 1.29 is 13.5 Å². The molecule has 8 heteroatoms. The van der Waals surface area contributed by atoms with E-state index in [9.17, 15) is 8.78 Å². The minimum atomic E-state index is -2.51. The van der Waals surface area contributed by atoms with E-state index in [0.717, 1.165) is 5.01 Å². The maximum Gasteiger partial charge on any atom is 0.280 e. The Morgan fingerprint density at radius 1 is 1.65 bits per heavy atom. The van der Waals surface area contributed by atoms with Crippen molar-refractivity contribution in [3.05, 3.63) is 41.1 Å². The molecule has 2 heterocycles. The summed E-state index contributed by atoms with van der Waals surface area (Å²) in [6.07, 6.45) is 4.57. The second-order valence-electron chi connectivity index (χ2n) is 3.87. The first-order chi connectivity index (χ1) is 9.63. The molecular weight excluding hydrogens is 303 g/mol. The summed E-state index contributed by atoms with van der Waals surface area (Å²) < 4.78 is 34.2. The van der Waals surface area contributed by atoms with E-state index in [1.165, 1.54) is 11.3 Å². The van der Waals surface area contributed by atoms with Crippen LogP contribution in [0.25, 0.3) is 0 Å². The van der Waals surface area contributed by atoms with Crippen molar-refractivity contribution in [2.24, 2.45) is 4.76 Å². The van der Waals surface area contributed by atoms with Gasteiger partial charge in [0.1, 0.15) is 9.88 Å². The number of hydrogen-bond acceptors (Lipinski definition) is 5. The first-order valence-corrected chi connectivity index (χ1v) is 7.72. The Labute approximate surface area is 121 Å². The van der Waals surface area contributed by atoms with Crippen LogP contribution in [0.1, 0.15) is 16.8 Å². The highest BCUT2D eigenvalue weighted by atomic mass is 32.1. The Hall–Kier alpha value is -1.33. The molecule has 0 bridgehead atoms. The molecule has 2 atom stereocenters. The van der Waals surface area contributed by atoms with Crippen molar-refractivity contribution >= 4 is 26.0 Å². The molecule has 0 radical (unpaired) electrons. The Kier molecular flexibility index (Phi) is 5.20. The lowest BCUT2D eigenvalue weighted by atomic mass is 10.5. The van der Waals surface area contributed by atoms with Crippen molar-refractivity contribution in [1.29, 1.82) is 0 Å². The van der Waals surface area contributed by atoms with Crippen molar-refractivity contribution in [3.63, 3.8) is 0 Å². The minimum Gasteiger partial charge on any atom is -0.461 e. The van der Waals surface area contributed by atoms with Gasteiger partial charge in [0.15, 0.2) is 5.85 Å². The molecule has 0 amide bonds. The lowest BCUT2D eigenvalue weighted by Crippen LogP contribution is -2.15. The van der Waals surface area contributed by atoms with Crippen LogP contribution in [0.5, 0.6) is 0 Å². The van der Waals surface area contributed by atoms with Gasteiger partial charge in [0, 0.05) is 0 Å². The summed E-state index contributed by atoms with van der Waals surface area (Å²) in [6.45, 7) is 6.20. The lowest BCUT2D eigenvalue weighted by Gasteiger charge is -2.11. The molecule has 1 aromatic heterocycles. The topological polar surface area (TPSA) is 37.7 Å². The third-order valence-electron chi connectivity index (χ3n) is 2.42. The number of ether oxygens (including phenoxy) is 1. The Morgan fingerprint density at radius 2 is 2.45 bits per heavy atom. The van der Waals surface area contributed by atoms with Gasteiger partial charge in [-0.2, -0.15) is 0 Å². The average Bonchev–Trinajstić information content (AvgIpc) is 3.06. The van der Waals surface area contributed by atoms with Gasteiger partial charge in [-0.3, -0.25) is 0 Å². The van der Waals surface area contributed by atoms with Gasteiger partial charge in [-0.15, -0.1) is 11.3 Å². The highest BCUT2D eigenvalue weighted by Gasteiger charge is 2.30. The van der Waals surface area contributed by atoms with Crippen LogP contribution in [-0.4, -0.2) is 28.1 Å². The van der Waals surface area contributed by atoms with Crippen LogP contribution in [-0.2, 0) is 11.3 Å². The molecule has 1 aliphatic heterocycles. The van der Waals surface area contributed by atoms with Crippen molar-refractivity contribution in [2.45, 2.75) is 25.7 Å². The maximum atomic E-state index is 12.5. The maximum absolute atomic E-state index is 12.5. The first-order valence-electron chi connectivity index (χ1n) is 5.88. The van der Waals surface area contributed by atoms with E-state index in [4.69, 9.17) is 4.74 Å². The third kappa shape index (κ3) is 3.61. The number of rotatable bonds is 6. The summed E-state index contributed by atoms with van der Waals surface area (Å²) in [4.78, 5) is 6.81. The molecular formula is C12H14F2N3OPS. The largest absolute Gasteiger partial charge is 0.461 e. The van der Waals surface area contributed by atoms with Gasteiger partial charge >= 0.3 is 0 Å². The molecule has 0 saturated carbocycles. The van der Waals surface area contributed by atoms with Gasteiger partial charge < -0.3 is 9.64 Å². The second-order valence-corrected chi connectivity index (χ2v) is 6.04. The minimum absolute atomic E-state index is 0.252. The summed E-state index contributed by atoms with van der Waals surface area (Å²) in [5.41, 5.74) is 0. The predicted molar refractivity (Wildman–Crippen MR) is 78.4 cm³/mol. The average molecular weight is 317 g/mol. The predicted octanol–water partition coefficient (Wildman–Crippen LogP) is 3.58. The SMILES string of the molecule is C=CN(/C=C/C)Cc1ncc(C2=NPC(C(F)F)O2)s1. The normalized spacial score (nSPS) is 19.6. The highest BCUT2D eigenvalue weighted by molar-refractivity contribution is 7.38. The molecule has 4 nitrogen and oxygen atoms in total. The monoisotopic (exact) mass is 317 g/mol. The molecule has 2 unspecified atom stereocenters. The van der Waals surface area contributed by atoms with E-state index >= 15 is 0 Å². The summed E-state index contributed by atoms with van der Waals surface area (Å²) in [6, 6.07) is 0. The number of allylic oxidation sites excluding steroid dienone is 1. The van der Waals surface area contributed by atoms with Gasteiger partial charge in [-0.25, -0.2) is 18.5 Å². The number of aromatic nitrogens is 1. The van der Waals surface area contributed by atoms with Crippen molar-refractivity contribution in [3.8, 4) is 0 Å². The van der Waals surface area contributed by atoms with Gasteiger partial charge in [0.2, 0.25) is 5.90 Å². The second kappa shape index (κ2) is 6.90. The summed E-state index contributed by atoms with van der Waals surface area (Å²) >= 11 is 1.38. The van der Waals surface area contributed by atoms with E-state index in [1.54, 1.807) is 12.4 Å². The molecule has 108 valence electrons. The van der Waals surface area contributed by atoms with Crippen LogP contribution >= 0.6 is 20.1 Å². The van der Waals surface area contributed by atoms with Crippen LogP contribution in [0, 0.1) is 0 Å². The van der Waals surface area contributed by atoms with Gasteiger partial charge in [0.25, 0.3) is 6.43 Å². The molecule has 0 spiro atoms. The Bertz CT molecular complexity index is 533. The number of halogens is 2. The van der Waals surface area contributed by atoms with E-state index < -0.39 is 12.3 Å². The molecule has 0 aliphatic carbocycles. The van der Waals surface area contributed by atoms with E-state index in [2.05, 4.69) is 16.3 Å². The quantitative estimate of drug-likeness (QED) is 0.753. The van der Waals surface area contributed by atoms with E-state index in [0.29, 0.717) is 11.4 Å². The van der Waals surface area contributed by atoms with Crippen LogP contribution in [0.4, 0.5) is 8.78 Å². The molecule has 0 fully saturated rings. The Morgan fingerprint density at radius 3 is 3.05 bits per heavy atom. The van der Waals surface area contributed by atoms with Gasteiger partial charge in [0.05, 0.1) is 21.5 Å². The van der Waals surface area contributed by atoms with Crippen LogP contribution in [0.15, 0.2) is 36.0 Å². The van der Waals surface area contributed by atoms with Gasteiger partial charge in [-0.05, 0) is 19.3 Å². The fraction of sp³-hybridized carbons (Fsp3) is 0.333. The first kappa shape index (κ1) is 15.1. The molecule has 2 rings (SSSR count). The molecule has 1 aliphatic rings. The molecule has 1 aromatic rings. The zero-order valence-electron chi connectivity index (χ0n) is 10.8. The lowest BCUT2D eigenvalue weighted by molar-refractivity contribution is 0.0577. The van der Waals surface area contributed by atoms with Crippen LogP contribution in [0.2, 0.25) is 0 Å². The molecule has 20 heavy (non-hydrogen) atoms. The van der Waals surface area contributed by atoms with Gasteiger partial charge in [-0.1, -0.05) is 12.7 Å². The summed E-state index contributed by atoms with van der Waals surface area (Å²) in [5, 5.41) is 0.841. The van der Waals surface area contributed by atoms with Crippen molar-refractivity contribution in [1.82, 2.24) is 9.88 Å². The molecule has 0 saturated heterocycles. The summed E-state index contributed by atoms with van der Waals surface area (Å²) in [7, 11) is -0.252. The van der Waals surface area contributed by atoms with E-state index in [1.807, 2.05) is 24.1 Å².